The van der Waals surface area contributed by atoms with E-state index in [9.17, 15) is 5.11 Å². The second-order valence-corrected chi connectivity index (χ2v) is 12.2. The van der Waals surface area contributed by atoms with E-state index in [0.29, 0.717) is 13.0 Å². The predicted octanol–water partition coefficient (Wildman–Crippen LogP) is 3.82. The summed E-state index contributed by atoms with van der Waals surface area (Å²) in [5, 5.41) is 11.2. The second-order valence-electron chi connectivity index (χ2n) is 10.4. The first-order valence-electron chi connectivity index (χ1n) is 12.5. The third kappa shape index (κ3) is 5.50. The van der Waals surface area contributed by atoms with Crippen LogP contribution >= 0.6 is 0 Å². The zero-order valence-corrected chi connectivity index (χ0v) is 21.8. The van der Waals surface area contributed by atoms with E-state index in [2.05, 4.69) is 59.2 Å². The van der Waals surface area contributed by atoms with Crippen LogP contribution in [0, 0.1) is 6.92 Å². The molecule has 3 N–H and O–H groups in total. The molecular formula is C27H36N6OS. The lowest BCUT2D eigenvalue weighted by Crippen LogP contribution is -2.30. The van der Waals surface area contributed by atoms with Crippen molar-refractivity contribution in [2.45, 2.75) is 56.7 Å². The summed E-state index contributed by atoms with van der Waals surface area (Å²) in [5.41, 5.74) is 9.01. The lowest BCUT2D eigenvalue weighted by Gasteiger charge is -2.25. The maximum atomic E-state index is 10.1. The van der Waals surface area contributed by atoms with E-state index < -0.39 is 5.60 Å². The van der Waals surface area contributed by atoms with Crippen molar-refractivity contribution < 1.29 is 5.11 Å². The molecule has 3 heterocycles. The number of benzene rings is 2. The largest absolute Gasteiger partial charge is 0.390 e. The van der Waals surface area contributed by atoms with E-state index in [1.54, 1.807) is 0 Å². The Hall–Kier alpha value is -2.55. The molecular weight excluding hydrogens is 456 g/mol. The van der Waals surface area contributed by atoms with Gasteiger partial charge < -0.3 is 20.6 Å². The van der Waals surface area contributed by atoms with Crippen LogP contribution in [0.5, 0.6) is 0 Å². The highest BCUT2D eigenvalue weighted by Gasteiger charge is 2.26. The summed E-state index contributed by atoms with van der Waals surface area (Å²) in [6, 6.07) is 15.2. The summed E-state index contributed by atoms with van der Waals surface area (Å²) < 4.78 is 5.02. The van der Waals surface area contributed by atoms with Gasteiger partial charge >= 0.3 is 0 Å². The maximum Gasteiger partial charge on any atom is 0.228 e. The Labute approximate surface area is 210 Å². The van der Waals surface area contributed by atoms with Gasteiger partial charge in [0.15, 0.2) is 0 Å². The van der Waals surface area contributed by atoms with Crippen LogP contribution in [-0.2, 0) is 17.2 Å². The van der Waals surface area contributed by atoms with Crippen LogP contribution in [-0.4, -0.2) is 58.6 Å². The van der Waals surface area contributed by atoms with Crippen molar-refractivity contribution in [1.82, 2.24) is 9.97 Å². The SMILES string of the molecule is Cc1ccc2nc(N3CCS(=NCCC(C)(C)O)c4ccccc4C3)nc(N3CC[C@@H](N)C3)c2c1. The highest BCUT2D eigenvalue weighted by molar-refractivity contribution is 7.87. The monoisotopic (exact) mass is 492 g/mol. The molecule has 1 unspecified atom stereocenters. The lowest BCUT2D eigenvalue weighted by molar-refractivity contribution is 0.0740. The first-order chi connectivity index (χ1) is 16.8. The topological polar surface area (TPSA) is 90.9 Å². The fourth-order valence-electron chi connectivity index (χ4n) is 4.77. The Bertz CT molecular complexity index is 1250. The Morgan fingerprint density at radius 2 is 1.97 bits per heavy atom. The normalized spacial score (nSPS) is 20.9. The number of aryl methyl sites for hydroxylation is 1. The number of aromatic nitrogens is 2. The Balaban J connectivity index is 1.51. The van der Waals surface area contributed by atoms with Gasteiger partial charge in [0.2, 0.25) is 5.95 Å². The van der Waals surface area contributed by atoms with Crippen LogP contribution in [0.2, 0.25) is 0 Å². The molecule has 2 atom stereocenters. The summed E-state index contributed by atoms with van der Waals surface area (Å²) in [6.07, 6.45) is 1.65. The van der Waals surface area contributed by atoms with E-state index in [1.807, 2.05) is 13.8 Å². The molecule has 3 aromatic rings. The van der Waals surface area contributed by atoms with E-state index >= 15 is 0 Å². The molecule has 0 bridgehead atoms. The second kappa shape index (κ2) is 9.84. The van der Waals surface area contributed by atoms with Crippen molar-refractivity contribution >= 4 is 33.4 Å². The quantitative estimate of drug-likeness (QED) is 0.563. The average Bonchev–Trinajstić information content (AvgIpc) is 3.16. The molecule has 8 heteroatoms. The Kier molecular flexibility index (Phi) is 6.79. The van der Waals surface area contributed by atoms with Crippen LogP contribution in [0.3, 0.4) is 0 Å². The molecule has 5 rings (SSSR count). The molecule has 2 aromatic carbocycles. The summed E-state index contributed by atoms with van der Waals surface area (Å²) in [4.78, 5) is 16.1. The molecule has 0 amide bonds. The fourth-order valence-corrected chi connectivity index (χ4v) is 6.63. The smallest absolute Gasteiger partial charge is 0.228 e. The van der Waals surface area contributed by atoms with Crippen molar-refractivity contribution in [2.24, 2.45) is 10.1 Å². The number of hydrogen-bond donors (Lipinski definition) is 2. The molecule has 2 aliphatic heterocycles. The van der Waals surface area contributed by atoms with Gasteiger partial charge in [-0.25, -0.2) is 4.98 Å². The van der Waals surface area contributed by atoms with Crippen molar-refractivity contribution in [3.8, 4) is 0 Å². The molecule has 1 saturated heterocycles. The van der Waals surface area contributed by atoms with Gasteiger partial charge in [-0.05, 0) is 57.4 Å². The molecule has 0 saturated carbocycles. The first kappa shape index (κ1) is 24.2. The average molecular weight is 493 g/mol. The molecule has 7 nitrogen and oxygen atoms in total. The molecule has 0 aliphatic carbocycles. The van der Waals surface area contributed by atoms with Gasteiger partial charge in [-0.2, -0.15) is 4.98 Å². The summed E-state index contributed by atoms with van der Waals surface area (Å²) in [5.74, 6) is 2.68. The summed E-state index contributed by atoms with van der Waals surface area (Å²) in [6.45, 7) is 9.80. The number of rotatable bonds is 5. The number of hydrogen-bond acceptors (Lipinski definition) is 7. The third-order valence-corrected chi connectivity index (χ3v) is 8.71. The molecule has 0 radical (unpaired) electrons. The van der Waals surface area contributed by atoms with Crippen LogP contribution in [0.1, 0.15) is 37.8 Å². The van der Waals surface area contributed by atoms with Gasteiger partial charge in [0.1, 0.15) is 5.82 Å². The fraction of sp³-hybridized carbons (Fsp3) is 0.481. The van der Waals surface area contributed by atoms with Gasteiger partial charge in [0.25, 0.3) is 0 Å². The lowest BCUT2D eigenvalue weighted by atomic mass is 10.1. The molecule has 1 aromatic heterocycles. The van der Waals surface area contributed by atoms with E-state index in [0.717, 1.165) is 61.0 Å². The van der Waals surface area contributed by atoms with Crippen LogP contribution in [0.15, 0.2) is 51.7 Å². The molecule has 186 valence electrons. The number of aliphatic hydroxyl groups is 1. The number of fused-ring (bicyclic) bond motifs is 2. The zero-order chi connectivity index (χ0) is 24.6. The predicted molar refractivity (Wildman–Crippen MR) is 145 cm³/mol. The van der Waals surface area contributed by atoms with Crippen LogP contribution in [0.25, 0.3) is 10.9 Å². The zero-order valence-electron chi connectivity index (χ0n) is 20.9. The standard InChI is InChI=1S/C27H36N6OS/c1-19-8-9-23-22(16-19)25(32-13-10-21(28)18-32)31-26(30-23)33-14-15-35(29-12-11-27(2,3)34)24-7-5-4-6-20(24)17-33/h4-9,16,21,34H,10-15,17-18,28H2,1-3H3/t21-,35?/m1/s1. The highest BCUT2D eigenvalue weighted by atomic mass is 32.2. The van der Waals surface area contributed by atoms with E-state index in [4.69, 9.17) is 20.1 Å². The molecule has 0 spiro atoms. The third-order valence-electron chi connectivity index (χ3n) is 6.74. The van der Waals surface area contributed by atoms with E-state index in [1.165, 1.54) is 16.0 Å². The van der Waals surface area contributed by atoms with Crippen molar-refractivity contribution in [3.63, 3.8) is 0 Å². The highest BCUT2D eigenvalue weighted by Crippen LogP contribution is 2.31. The van der Waals surface area contributed by atoms with Crippen molar-refractivity contribution in [3.05, 3.63) is 53.6 Å². The van der Waals surface area contributed by atoms with Gasteiger partial charge in [-0.1, -0.05) is 40.5 Å². The minimum absolute atomic E-state index is 0.186. The van der Waals surface area contributed by atoms with Gasteiger partial charge in [-0.3, -0.25) is 4.36 Å². The van der Waals surface area contributed by atoms with Crippen molar-refractivity contribution in [1.29, 1.82) is 0 Å². The Morgan fingerprint density at radius 1 is 1.14 bits per heavy atom. The molecule has 1 fully saturated rings. The minimum atomic E-state index is -0.698. The molecule has 2 aliphatic rings. The maximum absolute atomic E-state index is 10.1. The van der Waals surface area contributed by atoms with Gasteiger partial charge in [-0.15, -0.1) is 0 Å². The number of nitrogens with zero attached hydrogens (tertiary/aromatic N) is 5. The van der Waals surface area contributed by atoms with Crippen molar-refractivity contribution in [2.75, 3.05) is 41.7 Å². The van der Waals surface area contributed by atoms with Crippen LogP contribution in [0.4, 0.5) is 11.8 Å². The molecule has 35 heavy (non-hydrogen) atoms. The van der Waals surface area contributed by atoms with Gasteiger partial charge in [0.05, 0.1) is 11.1 Å². The number of anilines is 2. The Morgan fingerprint density at radius 3 is 2.74 bits per heavy atom. The van der Waals surface area contributed by atoms with Crippen LogP contribution < -0.4 is 15.5 Å². The number of nitrogens with two attached hydrogens (primary N) is 1. The minimum Gasteiger partial charge on any atom is -0.390 e. The summed E-state index contributed by atoms with van der Waals surface area (Å²) in [7, 11) is -0.219. The van der Waals surface area contributed by atoms with Gasteiger partial charge in [0, 0.05) is 54.8 Å². The van der Waals surface area contributed by atoms with E-state index in [-0.39, 0.29) is 16.7 Å². The summed E-state index contributed by atoms with van der Waals surface area (Å²) >= 11 is 0. The first-order valence-corrected chi connectivity index (χ1v) is 13.8.